The number of hydrogen-bond acceptors (Lipinski definition) is 2. The molecule has 0 atom stereocenters. The fourth-order valence-corrected chi connectivity index (χ4v) is 7.81. The second-order valence-electron chi connectivity index (χ2n) is 11.4. The lowest BCUT2D eigenvalue weighted by molar-refractivity contribution is 1.30. The fourth-order valence-electron chi connectivity index (χ4n) is 6.69. The number of anilines is 3. The Hall–Kier alpha value is -5.44. The van der Waals surface area contributed by atoms with Crippen LogP contribution in [0.1, 0.15) is 0 Å². The van der Waals surface area contributed by atoms with Crippen molar-refractivity contribution in [1.82, 2.24) is 0 Å². The van der Waals surface area contributed by atoms with Crippen LogP contribution in [0.5, 0.6) is 0 Å². The smallest absolute Gasteiger partial charge is 0.0540 e. The molecule has 9 aromatic rings. The van der Waals surface area contributed by atoms with E-state index in [1.165, 1.54) is 69.3 Å². The summed E-state index contributed by atoms with van der Waals surface area (Å²) < 4.78 is 2.64. The van der Waals surface area contributed by atoms with Crippen LogP contribution in [0.15, 0.2) is 164 Å². The monoisotopic (exact) mass is 577 g/mol. The lowest BCUT2D eigenvalue weighted by Gasteiger charge is -2.28. The lowest BCUT2D eigenvalue weighted by Crippen LogP contribution is -2.10. The van der Waals surface area contributed by atoms with Gasteiger partial charge < -0.3 is 4.90 Å². The van der Waals surface area contributed by atoms with E-state index < -0.39 is 0 Å². The first kappa shape index (κ1) is 25.1. The molecule has 0 unspecified atom stereocenters. The largest absolute Gasteiger partial charge is 0.310 e. The summed E-state index contributed by atoms with van der Waals surface area (Å²) in [6.07, 6.45) is 0. The maximum Gasteiger partial charge on any atom is 0.0540 e. The summed E-state index contributed by atoms with van der Waals surface area (Å²) in [5.74, 6) is 0. The average molecular weight is 578 g/mol. The molecule has 206 valence electrons. The number of fused-ring (bicyclic) bond motifs is 7. The quantitative estimate of drug-likeness (QED) is 0.188. The molecule has 0 spiro atoms. The molecule has 1 nitrogen and oxygen atoms in total. The van der Waals surface area contributed by atoms with E-state index in [-0.39, 0.29) is 0 Å². The van der Waals surface area contributed by atoms with Gasteiger partial charge in [0, 0.05) is 36.9 Å². The van der Waals surface area contributed by atoms with E-state index in [9.17, 15) is 0 Å². The Labute approximate surface area is 259 Å². The first-order chi connectivity index (χ1) is 21.8. The topological polar surface area (TPSA) is 3.24 Å². The van der Waals surface area contributed by atoms with Gasteiger partial charge in [-0.25, -0.2) is 0 Å². The van der Waals surface area contributed by atoms with Gasteiger partial charge in [0.05, 0.1) is 5.69 Å². The molecule has 0 N–H and O–H groups in total. The van der Waals surface area contributed by atoms with E-state index >= 15 is 0 Å². The van der Waals surface area contributed by atoms with Crippen molar-refractivity contribution in [2.24, 2.45) is 0 Å². The van der Waals surface area contributed by atoms with E-state index in [0.717, 1.165) is 11.4 Å². The van der Waals surface area contributed by atoms with Gasteiger partial charge in [0.1, 0.15) is 0 Å². The predicted molar refractivity (Wildman–Crippen MR) is 192 cm³/mol. The highest BCUT2D eigenvalue weighted by atomic mass is 32.1. The van der Waals surface area contributed by atoms with Crippen LogP contribution in [0.2, 0.25) is 0 Å². The van der Waals surface area contributed by atoms with Crippen molar-refractivity contribution in [3.05, 3.63) is 164 Å². The summed E-state index contributed by atoms with van der Waals surface area (Å²) in [6.45, 7) is 0. The van der Waals surface area contributed by atoms with Gasteiger partial charge in [-0.1, -0.05) is 115 Å². The SMILES string of the molecule is c1ccc(-c2cccc(N(c3ccc4ccc5ccccc5c4c3)c3cccc4cc5c(cc34)sc3ccccc35)c2)cc1. The molecule has 9 rings (SSSR count). The Balaban J connectivity index is 1.33. The van der Waals surface area contributed by atoms with Gasteiger partial charge in [0.2, 0.25) is 0 Å². The molecule has 0 aliphatic carbocycles. The van der Waals surface area contributed by atoms with Crippen molar-refractivity contribution in [3.63, 3.8) is 0 Å². The van der Waals surface area contributed by atoms with Crippen LogP contribution in [0.25, 0.3) is 63.6 Å². The Bertz CT molecular complexity index is 2510. The molecule has 0 bridgehead atoms. The first-order valence-electron chi connectivity index (χ1n) is 15.0. The lowest BCUT2D eigenvalue weighted by atomic mass is 9.99. The average Bonchev–Trinajstić information content (AvgIpc) is 3.45. The summed E-state index contributed by atoms with van der Waals surface area (Å²) in [5, 5.41) is 10.2. The highest BCUT2D eigenvalue weighted by molar-refractivity contribution is 7.25. The number of benzene rings is 8. The molecule has 0 aliphatic rings. The maximum absolute atomic E-state index is 2.44. The summed E-state index contributed by atoms with van der Waals surface area (Å²) in [4.78, 5) is 2.44. The minimum absolute atomic E-state index is 1.13. The third-order valence-electron chi connectivity index (χ3n) is 8.80. The van der Waals surface area contributed by atoms with Crippen molar-refractivity contribution in [2.45, 2.75) is 0 Å². The van der Waals surface area contributed by atoms with Gasteiger partial charge in [0.15, 0.2) is 0 Å². The highest BCUT2D eigenvalue weighted by Crippen LogP contribution is 2.44. The fraction of sp³-hybridized carbons (Fsp3) is 0. The van der Waals surface area contributed by atoms with Crippen molar-refractivity contribution < 1.29 is 0 Å². The standard InChI is InChI=1S/C42H27NS/c1-2-10-28(11-3-1)31-13-8-15-33(24-31)43(34-23-22-30-21-20-29-12-4-5-16-35(29)37(30)26-34)40-18-9-14-32-25-39-36-17-6-7-19-41(36)44-42(39)27-38(32)40/h1-27H. The number of hydrogen-bond donors (Lipinski definition) is 0. The molecule has 0 amide bonds. The molecular formula is C42H27NS. The second kappa shape index (κ2) is 10.1. The van der Waals surface area contributed by atoms with Crippen LogP contribution in [0, 0.1) is 0 Å². The van der Waals surface area contributed by atoms with Crippen LogP contribution in [0.3, 0.4) is 0 Å². The van der Waals surface area contributed by atoms with Crippen molar-refractivity contribution in [3.8, 4) is 11.1 Å². The van der Waals surface area contributed by atoms with Crippen LogP contribution in [-0.4, -0.2) is 0 Å². The highest BCUT2D eigenvalue weighted by Gasteiger charge is 2.18. The van der Waals surface area contributed by atoms with Crippen LogP contribution < -0.4 is 4.90 Å². The number of nitrogens with zero attached hydrogens (tertiary/aromatic N) is 1. The zero-order valence-corrected chi connectivity index (χ0v) is 24.8. The van der Waals surface area contributed by atoms with Crippen LogP contribution >= 0.6 is 11.3 Å². The summed E-state index contributed by atoms with van der Waals surface area (Å²) >= 11 is 1.87. The molecule has 0 saturated carbocycles. The van der Waals surface area contributed by atoms with E-state index in [4.69, 9.17) is 0 Å². The predicted octanol–water partition coefficient (Wildman–Crippen LogP) is 12.7. The molecule has 0 fully saturated rings. The summed E-state index contributed by atoms with van der Waals surface area (Å²) in [5.41, 5.74) is 5.86. The van der Waals surface area contributed by atoms with Gasteiger partial charge in [-0.05, 0) is 86.6 Å². The molecule has 8 aromatic carbocycles. The Morgan fingerprint density at radius 2 is 1.02 bits per heavy atom. The number of thiophene rings is 1. The summed E-state index contributed by atoms with van der Waals surface area (Å²) in [6, 6.07) is 59.8. The minimum atomic E-state index is 1.13. The third-order valence-corrected chi connectivity index (χ3v) is 9.93. The van der Waals surface area contributed by atoms with Crippen molar-refractivity contribution in [2.75, 3.05) is 4.90 Å². The van der Waals surface area contributed by atoms with Gasteiger partial charge in [-0.15, -0.1) is 11.3 Å². The Morgan fingerprint density at radius 3 is 1.93 bits per heavy atom. The first-order valence-corrected chi connectivity index (χ1v) is 15.8. The van der Waals surface area contributed by atoms with Crippen LogP contribution in [0.4, 0.5) is 17.1 Å². The molecule has 0 radical (unpaired) electrons. The molecular weight excluding hydrogens is 551 g/mol. The third kappa shape index (κ3) is 4.07. The maximum atomic E-state index is 2.44. The van der Waals surface area contributed by atoms with E-state index in [1.54, 1.807) is 0 Å². The molecule has 44 heavy (non-hydrogen) atoms. The molecule has 1 aromatic heterocycles. The normalized spacial score (nSPS) is 11.6. The van der Waals surface area contributed by atoms with E-state index in [0.29, 0.717) is 0 Å². The summed E-state index contributed by atoms with van der Waals surface area (Å²) in [7, 11) is 0. The van der Waals surface area contributed by atoms with E-state index in [1.807, 2.05) is 11.3 Å². The molecule has 0 saturated heterocycles. The van der Waals surface area contributed by atoms with Gasteiger partial charge in [-0.2, -0.15) is 0 Å². The van der Waals surface area contributed by atoms with E-state index in [2.05, 4.69) is 169 Å². The zero-order chi connectivity index (χ0) is 29.0. The number of rotatable bonds is 4. The molecule has 2 heteroatoms. The van der Waals surface area contributed by atoms with Gasteiger partial charge in [0.25, 0.3) is 0 Å². The second-order valence-corrected chi connectivity index (χ2v) is 12.5. The zero-order valence-electron chi connectivity index (χ0n) is 23.9. The van der Waals surface area contributed by atoms with Crippen LogP contribution in [-0.2, 0) is 0 Å². The van der Waals surface area contributed by atoms with Gasteiger partial charge >= 0.3 is 0 Å². The Morgan fingerprint density at radius 1 is 0.341 bits per heavy atom. The van der Waals surface area contributed by atoms with Crippen molar-refractivity contribution in [1.29, 1.82) is 0 Å². The minimum Gasteiger partial charge on any atom is -0.310 e. The van der Waals surface area contributed by atoms with Crippen molar-refractivity contribution >= 4 is 80.9 Å². The Kier molecular flexibility index (Phi) is 5.75. The molecule has 1 heterocycles. The van der Waals surface area contributed by atoms with Gasteiger partial charge in [-0.3, -0.25) is 0 Å². The molecule has 0 aliphatic heterocycles.